The molecule has 7 nitrogen and oxygen atoms in total. The van der Waals surface area contributed by atoms with Gasteiger partial charge < -0.3 is 19.9 Å². The zero-order valence-electron chi connectivity index (χ0n) is 22.9. The van der Waals surface area contributed by atoms with Gasteiger partial charge in [0.15, 0.2) is 0 Å². The van der Waals surface area contributed by atoms with Crippen LogP contribution in [0, 0.1) is 0 Å². The Balaban J connectivity index is 1.25. The fourth-order valence-corrected chi connectivity index (χ4v) is 5.20. The van der Waals surface area contributed by atoms with E-state index in [-0.39, 0.29) is 25.0 Å². The summed E-state index contributed by atoms with van der Waals surface area (Å²) >= 11 is 0. The maximum Gasteiger partial charge on any atom is 0.407 e. The van der Waals surface area contributed by atoms with Crippen molar-refractivity contribution in [2.24, 2.45) is 0 Å². The van der Waals surface area contributed by atoms with Crippen LogP contribution >= 0.6 is 0 Å². The molecule has 41 heavy (non-hydrogen) atoms. The number of esters is 1. The number of carboxylic acids is 1. The molecule has 4 aromatic rings. The lowest BCUT2D eigenvalue weighted by molar-refractivity contribution is -0.139. The van der Waals surface area contributed by atoms with Crippen LogP contribution < -0.4 is 5.32 Å². The van der Waals surface area contributed by atoms with E-state index in [0.29, 0.717) is 11.1 Å². The second-order valence-electron chi connectivity index (χ2n) is 10.3. The molecule has 0 radical (unpaired) electrons. The van der Waals surface area contributed by atoms with E-state index in [1.54, 1.807) is 38.1 Å². The van der Waals surface area contributed by atoms with Crippen molar-refractivity contribution in [1.82, 2.24) is 5.32 Å². The van der Waals surface area contributed by atoms with Gasteiger partial charge in [0.1, 0.15) is 12.6 Å². The maximum atomic E-state index is 12.8. The van der Waals surface area contributed by atoms with Crippen LogP contribution in [0.1, 0.15) is 46.8 Å². The molecule has 4 aromatic carbocycles. The number of carbonyl (C=O) groups excluding carboxylic acids is 2. The third kappa shape index (κ3) is 6.30. The minimum absolute atomic E-state index is 0.0580. The molecule has 0 aromatic heterocycles. The molecule has 1 aliphatic rings. The number of rotatable bonds is 9. The van der Waals surface area contributed by atoms with Gasteiger partial charge in [0.05, 0.1) is 11.7 Å². The summed E-state index contributed by atoms with van der Waals surface area (Å²) in [6.45, 7) is 3.68. The van der Waals surface area contributed by atoms with Crippen LogP contribution in [0.3, 0.4) is 0 Å². The Labute approximate surface area is 238 Å². The van der Waals surface area contributed by atoms with Gasteiger partial charge in [-0.05, 0) is 64.9 Å². The Morgan fingerprint density at radius 2 is 1.41 bits per heavy atom. The number of ether oxygens (including phenoxy) is 2. The summed E-state index contributed by atoms with van der Waals surface area (Å²) in [5.41, 5.74) is 7.13. The zero-order valence-corrected chi connectivity index (χ0v) is 22.9. The smallest absolute Gasteiger partial charge is 0.407 e. The van der Waals surface area contributed by atoms with Crippen LogP contribution in [-0.2, 0) is 20.7 Å². The fraction of sp³-hybridized carbons (Fsp3) is 0.206. The predicted molar refractivity (Wildman–Crippen MR) is 156 cm³/mol. The molecule has 0 heterocycles. The lowest BCUT2D eigenvalue weighted by atomic mass is 9.98. The third-order valence-corrected chi connectivity index (χ3v) is 7.08. The molecule has 1 atom stereocenters. The molecule has 1 aliphatic carbocycles. The largest absolute Gasteiger partial charge is 0.480 e. The highest BCUT2D eigenvalue weighted by atomic mass is 16.6. The Morgan fingerprint density at radius 1 is 0.805 bits per heavy atom. The molecule has 0 aliphatic heterocycles. The van der Waals surface area contributed by atoms with Gasteiger partial charge in [0.2, 0.25) is 0 Å². The summed E-state index contributed by atoms with van der Waals surface area (Å²) in [5.74, 6) is -1.69. The minimum Gasteiger partial charge on any atom is -0.480 e. The van der Waals surface area contributed by atoms with Crippen molar-refractivity contribution in [2.75, 3.05) is 6.61 Å². The van der Waals surface area contributed by atoms with E-state index < -0.39 is 24.1 Å². The highest BCUT2D eigenvalue weighted by Gasteiger charge is 2.30. The molecule has 208 valence electrons. The van der Waals surface area contributed by atoms with Crippen molar-refractivity contribution in [2.45, 2.75) is 38.3 Å². The summed E-state index contributed by atoms with van der Waals surface area (Å²) in [7, 11) is 0. The maximum absolute atomic E-state index is 12.8. The van der Waals surface area contributed by atoms with Gasteiger partial charge in [0.25, 0.3) is 0 Å². The van der Waals surface area contributed by atoms with Crippen LogP contribution in [0.5, 0.6) is 0 Å². The van der Waals surface area contributed by atoms with E-state index in [0.717, 1.165) is 33.4 Å². The van der Waals surface area contributed by atoms with Gasteiger partial charge in [-0.25, -0.2) is 14.4 Å². The van der Waals surface area contributed by atoms with E-state index >= 15 is 0 Å². The van der Waals surface area contributed by atoms with Crippen molar-refractivity contribution in [3.63, 3.8) is 0 Å². The Morgan fingerprint density at radius 3 is 2.05 bits per heavy atom. The third-order valence-electron chi connectivity index (χ3n) is 7.08. The number of amides is 1. The van der Waals surface area contributed by atoms with Crippen molar-refractivity contribution in [1.29, 1.82) is 0 Å². The average Bonchev–Trinajstić information content (AvgIpc) is 3.29. The van der Waals surface area contributed by atoms with Gasteiger partial charge in [-0.15, -0.1) is 0 Å². The average molecular weight is 550 g/mol. The lowest BCUT2D eigenvalue weighted by Gasteiger charge is -2.18. The molecule has 0 bridgehead atoms. The first kappa shape index (κ1) is 27.6. The Hall–Kier alpha value is -4.91. The molecule has 2 N–H and O–H groups in total. The highest BCUT2D eigenvalue weighted by molar-refractivity contribution is 5.91. The topological polar surface area (TPSA) is 102 Å². The first-order chi connectivity index (χ1) is 19.8. The van der Waals surface area contributed by atoms with Gasteiger partial charge in [-0.1, -0.05) is 84.9 Å². The normalized spacial score (nSPS) is 12.8. The van der Waals surface area contributed by atoms with Crippen molar-refractivity contribution >= 4 is 18.0 Å². The molecule has 1 unspecified atom stereocenters. The number of nitrogens with one attached hydrogen (secondary N) is 1. The van der Waals surface area contributed by atoms with E-state index in [9.17, 15) is 19.5 Å². The molecule has 5 rings (SSSR count). The number of alkyl carbamates (subject to hydrolysis) is 1. The molecular formula is C34H31NO6. The van der Waals surface area contributed by atoms with Gasteiger partial charge in [-0.3, -0.25) is 0 Å². The SMILES string of the molecule is CC(C)OC(=O)c1cccc(-c2cccc(CC(NC(=O)OCC3c4ccccc4-c4ccccc43)C(=O)O)c2)c1. The van der Waals surface area contributed by atoms with Crippen molar-refractivity contribution in [3.8, 4) is 22.3 Å². The predicted octanol–water partition coefficient (Wildman–Crippen LogP) is 6.45. The summed E-state index contributed by atoms with van der Waals surface area (Å²) in [6, 6.07) is 29.3. The number of hydrogen-bond donors (Lipinski definition) is 2. The molecule has 1 amide bonds. The fourth-order valence-electron chi connectivity index (χ4n) is 5.20. The molecule has 7 heteroatoms. The molecule has 0 fully saturated rings. The van der Waals surface area contributed by atoms with Crippen LogP contribution in [0.4, 0.5) is 4.79 Å². The van der Waals surface area contributed by atoms with E-state index in [2.05, 4.69) is 17.4 Å². The van der Waals surface area contributed by atoms with Crippen LogP contribution in [0.2, 0.25) is 0 Å². The van der Waals surface area contributed by atoms with Crippen molar-refractivity contribution < 1.29 is 29.0 Å². The van der Waals surface area contributed by atoms with Gasteiger partial charge in [0, 0.05) is 12.3 Å². The number of fused-ring (bicyclic) bond motifs is 3. The Kier molecular flexibility index (Phi) is 8.15. The number of hydrogen-bond acceptors (Lipinski definition) is 5. The van der Waals surface area contributed by atoms with E-state index in [4.69, 9.17) is 9.47 Å². The van der Waals surface area contributed by atoms with Gasteiger partial charge >= 0.3 is 18.0 Å². The number of benzene rings is 4. The number of carbonyl (C=O) groups is 3. The summed E-state index contributed by atoms with van der Waals surface area (Å²) in [4.78, 5) is 37.2. The second-order valence-corrected chi connectivity index (χ2v) is 10.3. The lowest BCUT2D eigenvalue weighted by Crippen LogP contribution is -2.42. The Bertz CT molecular complexity index is 1550. The molecular weight excluding hydrogens is 518 g/mol. The van der Waals surface area contributed by atoms with Crippen LogP contribution in [0.25, 0.3) is 22.3 Å². The van der Waals surface area contributed by atoms with E-state index in [1.165, 1.54) is 0 Å². The highest BCUT2D eigenvalue weighted by Crippen LogP contribution is 2.44. The molecule has 0 saturated heterocycles. The quantitative estimate of drug-likeness (QED) is 0.233. The summed E-state index contributed by atoms with van der Waals surface area (Å²) < 4.78 is 10.9. The first-order valence-corrected chi connectivity index (χ1v) is 13.5. The molecule has 0 saturated carbocycles. The van der Waals surface area contributed by atoms with Gasteiger partial charge in [-0.2, -0.15) is 0 Å². The van der Waals surface area contributed by atoms with Crippen LogP contribution in [-0.4, -0.2) is 41.9 Å². The number of carboxylic acid groups (broad SMARTS) is 1. The monoisotopic (exact) mass is 549 g/mol. The minimum atomic E-state index is -1.19. The standard InChI is InChI=1S/C34H31NO6/c1-21(2)41-33(38)25-12-8-11-24(19-25)23-10-7-9-22(17-23)18-31(32(36)37)35-34(39)40-20-30-28-15-5-3-13-26(28)27-14-4-6-16-29(27)30/h3-17,19,21,30-31H,18,20H2,1-2H3,(H,35,39)(H,36,37). The zero-order chi connectivity index (χ0) is 28.9. The van der Waals surface area contributed by atoms with Crippen molar-refractivity contribution in [3.05, 3.63) is 119 Å². The second kappa shape index (κ2) is 12.1. The summed E-state index contributed by atoms with van der Waals surface area (Å²) in [5, 5.41) is 12.4. The van der Waals surface area contributed by atoms with Crippen LogP contribution in [0.15, 0.2) is 97.1 Å². The molecule has 0 spiro atoms. The number of aliphatic carboxylic acids is 1. The van der Waals surface area contributed by atoms with E-state index in [1.807, 2.05) is 60.7 Å². The summed E-state index contributed by atoms with van der Waals surface area (Å²) in [6.07, 6.45) is -0.958. The first-order valence-electron chi connectivity index (χ1n) is 13.5.